The van der Waals surface area contributed by atoms with Crippen molar-refractivity contribution in [2.45, 2.75) is 32.4 Å². The van der Waals surface area contributed by atoms with Crippen molar-refractivity contribution in [1.82, 2.24) is 9.80 Å². The lowest BCUT2D eigenvalue weighted by Crippen LogP contribution is -2.30. The zero-order chi connectivity index (χ0) is 24.2. The molecule has 0 atom stereocenters. The standard InChI is InChI=1S/C33H34N2/c1-5-35(6-2)22-24-12-11-15-28-27-19-18-23(21-34(3)4)20-31(27)33(32(24)28)29-16-9-7-13-25(29)26-14-8-10-17-30(26)33/h7-20H,5-6,21-22H2,1-4H3. The Morgan fingerprint density at radius 2 is 1.20 bits per heavy atom. The molecule has 2 heteroatoms. The predicted molar refractivity (Wildman–Crippen MR) is 147 cm³/mol. The fourth-order valence-electron chi connectivity index (χ4n) is 6.62. The molecule has 0 unspecified atom stereocenters. The normalized spacial score (nSPS) is 14.3. The zero-order valence-electron chi connectivity index (χ0n) is 21.3. The molecule has 0 bridgehead atoms. The van der Waals surface area contributed by atoms with Gasteiger partial charge in [-0.2, -0.15) is 0 Å². The molecule has 0 N–H and O–H groups in total. The molecule has 2 aliphatic carbocycles. The zero-order valence-corrected chi connectivity index (χ0v) is 21.3. The highest BCUT2D eigenvalue weighted by Crippen LogP contribution is 2.63. The van der Waals surface area contributed by atoms with Gasteiger partial charge >= 0.3 is 0 Å². The Kier molecular flexibility index (Phi) is 5.40. The van der Waals surface area contributed by atoms with Gasteiger partial charge in [0.1, 0.15) is 0 Å². The van der Waals surface area contributed by atoms with Crippen LogP contribution in [0.4, 0.5) is 0 Å². The summed E-state index contributed by atoms with van der Waals surface area (Å²) in [6.07, 6.45) is 0. The third kappa shape index (κ3) is 3.17. The van der Waals surface area contributed by atoms with Crippen LogP contribution >= 0.6 is 0 Å². The predicted octanol–water partition coefficient (Wildman–Crippen LogP) is 6.93. The summed E-state index contributed by atoms with van der Waals surface area (Å²) < 4.78 is 0. The lowest BCUT2D eigenvalue weighted by atomic mass is 9.69. The van der Waals surface area contributed by atoms with Crippen molar-refractivity contribution >= 4 is 0 Å². The highest BCUT2D eigenvalue weighted by Gasteiger charge is 2.52. The van der Waals surface area contributed by atoms with E-state index in [-0.39, 0.29) is 5.41 Å². The molecule has 0 saturated heterocycles. The molecule has 0 fully saturated rings. The molecule has 2 nitrogen and oxygen atoms in total. The molecule has 35 heavy (non-hydrogen) atoms. The van der Waals surface area contributed by atoms with Crippen LogP contribution in [0.1, 0.15) is 47.2 Å². The quantitative estimate of drug-likeness (QED) is 0.267. The van der Waals surface area contributed by atoms with E-state index in [9.17, 15) is 0 Å². The molecule has 0 aliphatic heterocycles. The molecule has 176 valence electrons. The summed E-state index contributed by atoms with van der Waals surface area (Å²) in [6.45, 7) is 8.56. The summed E-state index contributed by atoms with van der Waals surface area (Å²) in [5.74, 6) is 0. The van der Waals surface area contributed by atoms with E-state index in [4.69, 9.17) is 0 Å². The Bertz CT molecular complexity index is 1370. The van der Waals surface area contributed by atoms with E-state index in [1.54, 1.807) is 0 Å². The highest BCUT2D eigenvalue weighted by atomic mass is 15.1. The molecule has 2 aliphatic rings. The Labute approximate surface area is 209 Å². The molecule has 1 spiro atoms. The first kappa shape index (κ1) is 22.3. The van der Waals surface area contributed by atoms with Crippen LogP contribution in [0.3, 0.4) is 0 Å². The summed E-state index contributed by atoms with van der Waals surface area (Å²) in [5.41, 5.74) is 13.8. The van der Waals surface area contributed by atoms with E-state index in [2.05, 4.69) is 123 Å². The smallest absolute Gasteiger partial charge is 0.0728 e. The first-order valence-corrected chi connectivity index (χ1v) is 12.9. The number of hydrogen-bond acceptors (Lipinski definition) is 2. The van der Waals surface area contributed by atoms with E-state index in [0.717, 1.165) is 26.2 Å². The monoisotopic (exact) mass is 458 g/mol. The molecular formula is C33H34N2. The van der Waals surface area contributed by atoms with Crippen molar-refractivity contribution in [2.24, 2.45) is 0 Å². The Morgan fingerprint density at radius 3 is 1.83 bits per heavy atom. The second-order valence-electron chi connectivity index (χ2n) is 10.3. The van der Waals surface area contributed by atoms with Crippen molar-refractivity contribution in [1.29, 1.82) is 0 Å². The molecular weight excluding hydrogens is 424 g/mol. The lowest BCUT2D eigenvalue weighted by molar-refractivity contribution is 0.294. The molecule has 0 aromatic heterocycles. The van der Waals surface area contributed by atoms with E-state index < -0.39 is 0 Å². The molecule has 0 saturated carbocycles. The lowest BCUT2D eigenvalue weighted by Gasteiger charge is -2.33. The Hall–Kier alpha value is -3.20. The van der Waals surface area contributed by atoms with Gasteiger partial charge in [-0.25, -0.2) is 0 Å². The van der Waals surface area contributed by atoms with Crippen LogP contribution in [-0.4, -0.2) is 37.0 Å². The van der Waals surface area contributed by atoms with Gasteiger partial charge in [-0.1, -0.05) is 98.8 Å². The maximum absolute atomic E-state index is 2.54. The summed E-state index contributed by atoms with van der Waals surface area (Å²) in [5, 5.41) is 0. The molecule has 4 aromatic carbocycles. The second-order valence-corrected chi connectivity index (χ2v) is 10.3. The van der Waals surface area contributed by atoms with Crippen molar-refractivity contribution in [3.63, 3.8) is 0 Å². The van der Waals surface area contributed by atoms with Gasteiger partial charge in [0.15, 0.2) is 0 Å². The number of nitrogens with zero attached hydrogens (tertiary/aromatic N) is 2. The third-order valence-corrected chi connectivity index (χ3v) is 8.04. The van der Waals surface area contributed by atoms with Gasteiger partial charge < -0.3 is 4.90 Å². The first-order chi connectivity index (χ1) is 17.1. The van der Waals surface area contributed by atoms with Crippen molar-refractivity contribution < 1.29 is 0 Å². The molecule has 0 amide bonds. The average molecular weight is 459 g/mol. The van der Waals surface area contributed by atoms with Crippen molar-refractivity contribution in [3.05, 3.63) is 118 Å². The van der Waals surface area contributed by atoms with Gasteiger partial charge in [0.2, 0.25) is 0 Å². The van der Waals surface area contributed by atoms with Crippen LogP contribution in [0.15, 0.2) is 84.9 Å². The van der Waals surface area contributed by atoms with Crippen molar-refractivity contribution in [2.75, 3.05) is 27.2 Å². The first-order valence-electron chi connectivity index (χ1n) is 12.9. The highest BCUT2D eigenvalue weighted by molar-refractivity contribution is 5.95. The molecule has 0 radical (unpaired) electrons. The number of rotatable bonds is 6. The summed E-state index contributed by atoms with van der Waals surface area (Å²) >= 11 is 0. The average Bonchev–Trinajstić information content (AvgIpc) is 3.34. The molecule has 6 rings (SSSR count). The van der Waals surface area contributed by atoms with E-state index in [1.165, 1.54) is 55.6 Å². The number of hydrogen-bond donors (Lipinski definition) is 0. The van der Waals surface area contributed by atoms with Crippen LogP contribution < -0.4 is 0 Å². The molecule has 0 heterocycles. The van der Waals surface area contributed by atoms with Crippen LogP contribution in [0, 0.1) is 0 Å². The van der Waals surface area contributed by atoms with Gasteiger partial charge in [0.05, 0.1) is 5.41 Å². The van der Waals surface area contributed by atoms with Crippen LogP contribution in [0.5, 0.6) is 0 Å². The second kappa shape index (κ2) is 8.48. The number of fused-ring (bicyclic) bond motifs is 10. The molecule has 4 aromatic rings. The fourth-order valence-corrected chi connectivity index (χ4v) is 6.62. The van der Waals surface area contributed by atoms with Gasteiger partial charge in [-0.15, -0.1) is 0 Å². The SMILES string of the molecule is CCN(CC)Cc1cccc2c1C1(c3ccccc3-c3ccccc31)c1cc(CN(C)C)ccc1-2. The maximum atomic E-state index is 2.54. The largest absolute Gasteiger partial charge is 0.305 e. The topological polar surface area (TPSA) is 6.48 Å². The maximum Gasteiger partial charge on any atom is 0.0728 e. The summed E-state index contributed by atoms with van der Waals surface area (Å²) in [7, 11) is 4.31. The summed E-state index contributed by atoms with van der Waals surface area (Å²) in [6, 6.07) is 32.4. The van der Waals surface area contributed by atoms with E-state index >= 15 is 0 Å². The number of benzene rings is 4. The minimum Gasteiger partial charge on any atom is -0.305 e. The van der Waals surface area contributed by atoms with Crippen LogP contribution in [-0.2, 0) is 18.5 Å². The van der Waals surface area contributed by atoms with Crippen LogP contribution in [0.25, 0.3) is 22.3 Å². The minimum absolute atomic E-state index is 0.274. The summed E-state index contributed by atoms with van der Waals surface area (Å²) in [4.78, 5) is 4.80. The minimum atomic E-state index is -0.274. The van der Waals surface area contributed by atoms with Gasteiger partial charge in [0, 0.05) is 13.1 Å². The van der Waals surface area contributed by atoms with Crippen molar-refractivity contribution in [3.8, 4) is 22.3 Å². The third-order valence-electron chi connectivity index (χ3n) is 8.04. The van der Waals surface area contributed by atoms with E-state index in [1.807, 2.05) is 0 Å². The van der Waals surface area contributed by atoms with Gasteiger partial charge in [0.25, 0.3) is 0 Å². The Morgan fingerprint density at radius 1 is 0.600 bits per heavy atom. The van der Waals surface area contributed by atoms with E-state index in [0.29, 0.717) is 0 Å². The van der Waals surface area contributed by atoms with Crippen LogP contribution in [0.2, 0.25) is 0 Å². The van der Waals surface area contributed by atoms with Gasteiger partial charge in [-0.3, -0.25) is 4.90 Å². The Balaban J connectivity index is 1.73. The van der Waals surface area contributed by atoms with Gasteiger partial charge in [-0.05, 0) is 82.8 Å². The fraction of sp³-hybridized carbons (Fsp3) is 0.273.